The van der Waals surface area contributed by atoms with Crippen LogP contribution in [0.4, 0.5) is 0 Å². The van der Waals surface area contributed by atoms with Crippen molar-refractivity contribution < 1.29 is 4.79 Å². The third-order valence-corrected chi connectivity index (χ3v) is 1.94. The monoisotopic (exact) mass is 220 g/mol. The van der Waals surface area contributed by atoms with Crippen molar-refractivity contribution in [2.45, 2.75) is 19.9 Å². The number of nitrogens with one attached hydrogen (secondary N) is 1. The second-order valence-corrected chi connectivity index (χ2v) is 3.23. The first-order valence-corrected chi connectivity index (χ1v) is 5.24. The van der Waals surface area contributed by atoms with E-state index < -0.39 is 0 Å². The van der Waals surface area contributed by atoms with Crippen molar-refractivity contribution in [1.29, 1.82) is 0 Å². The molecule has 1 heterocycles. The van der Waals surface area contributed by atoms with Gasteiger partial charge in [0.2, 0.25) is 5.91 Å². The van der Waals surface area contributed by atoms with Gasteiger partial charge < -0.3 is 15.6 Å². The van der Waals surface area contributed by atoms with Crippen LogP contribution in [0.3, 0.4) is 0 Å². The molecule has 0 radical (unpaired) electrons. The smallest absolute Gasteiger partial charge is 0.234 e. The molecule has 0 aliphatic carbocycles. The lowest BCUT2D eigenvalue weighted by atomic mass is 10.4. The molecule has 5 nitrogen and oxygen atoms in total. The first kappa shape index (κ1) is 12.3. The van der Waals surface area contributed by atoms with Crippen LogP contribution in [-0.4, -0.2) is 28.5 Å². The van der Waals surface area contributed by atoms with E-state index >= 15 is 0 Å². The first-order valence-electron chi connectivity index (χ1n) is 5.24. The molecule has 0 fully saturated rings. The van der Waals surface area contributed by atoms with E-state index in [-0.39, 0.29) is 12.5 Å². The summed E-state index contributed by atoms with van der Waals surface area (Å²) in [6.45, 7) is 3.29. The van der Waals surface area contributed by atoms with E-state index in [0.717, 1.165) is 18.8 Å². The number of rotatable bonds is 4. The van der Waals surface area contributed by atoms with Gasteiger partial charge in [-0.1, -0.05) is 12.8 Å². The topological polar surface area (TPSA) is 72.9 Å². The van der Waals surface area contributed by atoms with Gasteiger partial charge in [-0.2, -0.15) is 0 Å². The number of nitrogens with two attached hydrogens (primary N) is 1. The molecule has 5 heteroatoms. The molecule has 1 aromatic rings. The summed E-state index contributed by atoms with van der Waals surface area (Å²) in [6, 6.07) is 0. The van der Waals surface area contributed by atoms with Crippen LogP contribution < -0.4 is 11.1 Å². The van der Waals surface area contributed by atoms with E-state index in [0.29, 0.717) is 6.54 Å². The van der Waals surface area contributed by atoms with Gasteiger partial charge in [-0.05, 0) is 12.3 Å². The predicted octanol–water partition coefficient (Wildman–Crippen LogP) is -0.280. The van der Waals surface area contributed by atoms with Crippen LogP contribution in [-0.2, 0) is 11.3 Å². The molecule has 1 amide bonds. The second kappa shape index (κ2) is 6.64. The summed E-state index contributed by atoms with van der Waals surface area (Å²) < 4.78 is 1.98. The minimum atomic E-state index is -0.203. The van der Waals surface area contributed by atoms with Crippen molar-refractivity contribution in [3.63, 3.8) is 0 Å². The molecule has 0 unspecified atom stereocenters. The zero-order chi connectivity index (χ0) is 11.8. The van der Waals surface area contributed by atoms with Gasteiger partial charge in [-0.15, -0.1) is 0 Å². The average Bonchev–Trinajstić information content (AvgIpc) is 2.72. The highest BCUT2D eigenvalue weighted by atomic mass is 16.1. The summed E-state index contributed by atoms with van der Waals surface area (Å²) in [7, 11) is 0. The molecular formula is C11H16N4O. The molecule has 0 aliphatic heterocycles. The minimum Gasteiger partial charge on any atom is -0.344 e. The molecule has 1 rings (SSSR count). The normalized spacial score (nSPS) is 9.38. The predicted molar refractivity (Wildman–Crippen MR) is 61.5 cm³/mol. The average molecular weight is 220 g/mol. The molecule has 86 valence electrons. The van der Waals surface area contributed by atoms with Crippen molar-refractivity contribution in [3.8, 4) is 11.8 Å². The Labute approximate surface area is 95.0 Å². The molecule has 0 saturated carbocycles. The van der Waals surface area contributed by atoms with Gasteiger partial charge in [0.05, 0.1) is 13.1 Å². The molecule has 0 saturated heterocycles. The summed E-state index contributed by atoms with van der Waals surface area (Å²) in [4.78, 5) is 14.9. The number of carbonyl (C=O) groups excluding carboxylic acids is 1. The molecule has 1 aromatic heterocycles. The van der Waals surface area contributed by atoms with Crippen LogP contribution in [0.1, 0.15) is 19.2 Å². The lowest BCUT2D eigenvalue weighted by molar-refractivity contribution is -0.119. The fourth-order valence-corrected chi connectivity index (χ4v) is 1.19. The van der Waals surface area contributed by atoms with Crippen LogP contribution >= 0.6 is 0 Å². The number of aromatic nitrogens is 2. The van der Waals surface area contributed by atoms with Crippen LogP contribution in [0.2, 0.25) is 0 Å². The van der Waals surface area contributed by atoms with E-state index in [1.165, 1.54) is 0 Å². The largest absolute Gasteiger partial charge is 0.344 e. The Bertz CT molecular complexity index is 400. The van der Waals surface area contributed by atoms with Crippen LogP contribution in [0, 0.1) is 11.8 Å². The van der Waals surface area contributed by atoms with Gasteiger partial charge in [0, 0.05) is 18.9 Å². The van der Waals surface area contributed by atoms with Gasteiger partial charge in [-0.25, -0.2) is 4.98 Å². The van der Waals surface area contributed by atoms with E-state index in [2.05, 4.69) is 29.1 Å². The Morgan fingerprint density at radius 1 is 1.69 bits per heavy atom. The van der Waals surface area contributed by atoms with Crippen LogP contribution in [0.5, 0.6) is 0 Å². The molecule has 0 spiro atoms. The number of nitrogens with zero attached hydrogens (tertiary/aromatic N) is 2. The third-order valence-electron chi connectivity index (χ3n) is 1.94. The Hall–Kier alpha value is -1.80. The van der Waals surface area contributed by atoms with Crippen molar-refractivity contribution in [3.05, 3.63) is 18.2 Å². The second-order valence-electron chi connectivity index (χ2n) is 3.23. The minimum absolute atomic E-state index is 0.00780. The number of carbonyl (C=O) groups is 1. The number of imidazole rings is 1. The van der Waals surface area contributed by atoms with Gasteiger partial charge in [0.25, 0.3) is 0 Å². The molecular weight excluding hydrogens is 204 g/mol. The maximum atomic E-state index is 10.8. The standard InChI is InChI=1S/C11H16N4O/c1-2-7-15-8-6-13-10(15)4-3-5-14-11(16)9-12/h6,8H,2,5,7,9,12H2,1H3,(H,14,16). The Balaban J connectivity index is 2.49. The SMILES string of the molecule is CCCn1ccnc1C#CCNC(=O)CN. The van der Waals surface area contributed by atoms with Crippen molar-refractivity contribution in [1.82, 2.24) is 14.9 Å². The molecule has 0 aromatic carbocycles. The number of hydrogen-bond donors (Lipinski definition) is 2. The van der Waals surface area contributed by atoms with Crippen molar-refractivity contribution in [2.24, 2.45) is 5.73 Å². The summed E-state index contributed by atoms with van der Waals surface area (Å²) in [5.74, 6) is 6.26. The zero-order valence-electron chi connectivity index (χ0n) is 9.36. The summed E-state index contributed by atoms with van der Waals surface area (Å²) >= 11 is 0. The van der Waals surface area contributed by atoms with E-state index in [1.807, 2.05) is 10.8 Å². The summed E-state index contributed by atoms with van der Waals surface area (Å²) in [6.07, 6.45) is 4.65. The molecule has 3 N–H and O–H groups in total. The Morgan fingerprint density at radius 2 is 2.50 bits per heavy atom. The lowest BCUT2D eigenvalue weighted by Gasteiger charge is -1.99. The molecule has 0 aliphatic rings. The van der Waals surface area contributed by atoms with Crippen molar-refractivity contribution in [2.75, 3.05) is 13.1 Å². The zero-order valence-corrected chi connectivity index (χ0v) is 9.36. The summed E-state index contributed by atoms with van der Waals surface area (Å²) in [5.41, 5.74) is 5.14. The number of amides is 1. The maximum Gasteiger partial charge on any atom is 0.234 e. The number of hydrogen-bond acceptors (Lipinski definition) is 3. The van der Waals surface area contributed by atoms with Crippen molar-refractivity contribution >= 4 is 5.91 Å². The van der Waals surface area contributed by atoms with Gasteiger partial charge >= 0.3 is 0 Å². The number of aryl methyl sites for hydroxylation is 1. The van der Waals surface area contributed by atoms with Gasteiger partial charge in [0.15, 0.2) is 5.82 Å². The maximum absolute atomic E-state index is 10.8. The molecule has 16 heavy (non-hydrogen) atoms. The Morgan fingerprint density at radius 3 is 3.19 bits per heavy atom. The highest BCUT2D eigenvalue weighted by molar-refractivity contribution is 5.77. The highest BCUT2D eigenvalue weighted by Gasteiger charge is 1.96. The van der Waals surface area contributed by atoms with E-state index in [9.17, 15) is 4.79 Å². The van der Waals surface area contributed by atoms with E-state index in [1.54, 1.807) is 6.20 Å². The fraction of sp³-hybridized carbons (Fsp3) is 0.455. The highest BCUT2D eigenvalue weighted by Crippen LogP contribution is 1.96. The summed E-state index contributed by atoms with van der Waals surface area (Å²) in [5, 5.41) is 2.57. The third kappa shape index (κ3) is 3.75. The van der Waals surface area contributed by atoms with Gasteiger partial charge in [0.1, 0.15) is 0 Å². The Kier molecular flexibility index (Phi) is 5.09. The first-order chi connectivity index (χ1) is 7.77. The van der Waals surface area contributed by atoms with Gasteiger partial charge in [-0.3, -0.25) is 4.79 Å². The lowest BCUT2D eigenvalue weighted by Crippen LogP contribution is -2.30. The van der Waals surface area contributed by atoms with E-state index in [4.69, 9.17) is 5.73 Å². The quantitative estimate of drug-likeness (QED) is 0.685. The van der Waals surface area contributed by atoms with Crippen LogP contribution in [0.25, 0.3) is 0 Å². The van der Waals surface area contributed by atoms with Crippen LogP contribution in [0.15, 0.2) is 12.4 Å². The fourth-order valence-electron chi connectivity index (χ4n) is 1.19. The molecule has 0 bridgehead atoms. The molecule has 0 atom stereocenters.